The zero-order valence-electron chi connectivity index (χ0n) is 31.7. The molecule has 9 heteroatoms. The predicted octanol–water partition coefficient (Wildman–Crippen LogP) is 7.61. The minimum atomic E-state index is -1.55. The Morgan fingerprint density at radius 2 is 1.02 bits per heavy atom. The fraction of sp³-hybridized carbons (Fsp3) is 0.975. The number of aliphatic hydroxyl groups excluding tert-OH is 5. The first-order valence-electron chi connectivity index (χ1n) is 20.7. The van der Waals surface area contributed by atoms with Gasteiger partial charge in [-0.2, -0.15) is 0 Å². The van der Waals surface area contributed by atoms with Crippen LogP contribution in [-0.2, 0) is 14.3 Å². The third-order valence-corrected chi connectivity index (χ3v) is 10.2. The van der Waals surface area contributed by atoms with Crippen molar-refractivity contribution in [2.75, 3.05) is 13.2 Å². The number of ether oxygens (including phenoxy) is 2. The molecule has 9 nitrogen and oxygen atoms in total. The van der Waals surface area contributed by atoms with E-state index in [1.165, 1.54) is 128 Å². The van der Waals surface area contributed by atoms with E-state index in [0.29, 0.717) is 12.8 Å². The summed E-state index contributed by atoms with van der Waals surface area (Å²) in [4.78, 5) is 12.9. The second-order valence-electron chi connectivity index (χ2n) is 14.8. The van der Waals surface area contributed by atoms with E-state index in [1.54, 1.807) is 0 Å². The van der Waals surface area contributed by atoms with E-state index in [2.05, 4.69) is 19.2 Å². The van der Waals surface area contributed by atoms with Crippen LogP contribution in [0, 0.1) is 0 Å². The Labute approximate surface area is 300 Å². The van der Waals surface area contributed by atoms with E-state index in [9.17, 15) is 30.3 Å². The quantitative estimate of drug-likeness (QED) is 0.0376. The van der Waals surface area contributed by atoms with Gasteiger partial charge in [-0.25, -0.2) is 0 Å². The predicted molar refractivity (Wildman–Crippen MR) is 198 cm³/mol. The molecule has 0 spiro atoms. The van der Waals surface area contributed by atoms with Crippen LogP contribution in [0.5, 0.6) is 0 Å². The van der Waals surface area contributed by atoms with Gasteiger partial charge in [0.15, 0.2) is 6.29 Å². The summed E-state index contributed by atoms with van der Waals surface area (Å²) in [6.45, 7) is 3.81. The van der Waals surface area contributed by atoms with Crippen LogP contribution in [-0.4, -0.2) is 87.5 Å². The minimum Gasteiger partial charge on any atom is -0.394 e. The standard InChI is InChI=1S/C40H79NO8/c1-3-5-7-9-11-13-15-16-17-18-19-20-22-24-26-28-30-36(44)41-33(32-48-40-39(47)38(46)37(45)35(31-42)49-40)34(43)29-27-25-23-21-14-12-10-8-6-4-2/h33-35,37-40,42-43,45-47H,3-32H2,1-2H3,(H,41,44)/t33-,34+,35+,37+,38?,39?,40+/m0/s1. The summed E-state index contributed by atoms with van der Waals surface area (Å²) >= 11 is 0. The fourth-order valence-electron chi connectivity index (χ4n) is 6.81. The second-order valence-corrected chi connectivity index (χ2v) is 14.8. The van der Waals surface area contributed by atoms with Gasteiger partial charge >= 0.3 is 0 Å². The number of unbranched alkanes of at least 4 members (excludes halogenated alkanes) is 24. The van der Waals surface area contributed by atoms with E-state index >= 15 is 0 Å². The topological polar surface area (TPSA) is 149 Å². The molecule has 7 atom stereocenters. The summed E-state index contributed by atoms with van der Waals surface area (Å²) in [6.07, 6.45) is 25.4. The monoisotopic (exact) mass is 702 g/mol. The van der Waals surface area contributed by atoms with Crippen molar-refractivity contribution in [1.29, 1.82) is 0 Å². The van der Waals surface area contributed by atoms with Gasteiger partial charge in [0.2, 0.25) is 5.91 Å². The molecule has 292 valence electrons. The fourth-order valence-corrected chi connectivity index (χ4v) is 6.81. The van der Waals surface area contributed by atoms with E-state index < -0.39 is 49.5 Å². The van der Waals surface area contributed by atoms with Crippen LogP contribution in [0.2, 0.25) is 0 Å². The number of amides is 1. The molecule has 0 aromatic carbocycles. The maximum atomic E-state index is 12.9. The Morgan fingerprint density at radius 3 is 1.45 bits per heavy atom. The van der Waals surface area contributed by atoms with Gasteiger partial charge in [0.25, 0.3) is 0 Å². The van der Waals surface area contributed by atoms with Crippen LogP contribution < -0.4 is 5.32 Å². The van der Waals surface area contributed by atoms with Crippen molar-refractivity contribution < 1.29 is 39.8 Å². The number of nitrogens with one attached hydrogen (secondary N) is 1. The number of carbonyl (C=O) groups is 1. The lowest BCUT2D eigenvalue weighted by Crippen LogP contribution is -2.60. The molecule has 2 unspecified atom stereocenters. The molecule has 1 aliphatic heterocycles. The lowest BCUT2D eigenvalue weighted by Gasteiger charge is -2.40. The van der Waals surface area contributed by atoms with Gasteiger partial charge in [-0.1, -0.05) is 174 Å². The summed E-state index contributed by atoms with van der Waals surface area (Å²) in [5.74, 6) is -0.144. The number of rotatable bonds is 34. The van der Waals surface area contributed by atoms with Crippen molar-refractivity contribution >= 4 is 5.91 Å². The highest BCUT2D eigenvalue weighted by molar-refractivity contribution is 5.76. The smallest absolute Gasteiger partial charge is 0.220 e. The Morgan fingerprint density at radius 1 is 0.612 bits per heavy atom. The molecule has 1 fully saturated rings. The van der Waals surface area contributed by atoms with E-state index in [4.69, 9.17) is 9.47 Å². The highest BCUT2D eigenvalue weighted by Crippen LogP contribution is 2.23. The molecular formula is C40H79NO8. The Balaban J connectivity index is 2.34. The molecule has 49 heavy (non-hydrogen) atoms. The van der Waals surface area contributed by atoms with E-state index in [0.717, 1.165) is 38.5 Å². The molecule has 1 aliphatic rings. The second kappa shape index (κ2) is 31.9. The summed E-state index contributed by atoms with van der Waals surface area (Å²) in [5.41, 5.74) is 0. The molecule has 0 radical (unpaired) electrons. The summed E-state index contributed by atoms with van der Waals surface area (Å²) < 4.78 is 11.2. The normalized spacial score (nSPS) is 22.3. The number of hydrogen-bond donors (Lipinski definition) is 6. The molecule has 0 saturated carbocycles. The highest BCUT2D eigenvalue weighted by Gasteiger charge is 2.44. The summed E-state index contributed by atoms with van der Waals surface area (Å²) in [6, 6.07) is -0.709. The average Bonchev–Trinajstić information content (AvgIpc) is 3.10. The molecule has 1 heterocycles. The third kappa shape index (κ3) is 23.4. The zero-order valence-corrected chi connectivity index (χ0v) is 31.7. The van der Waals surface area contributed by atoms with Gasteiger partial charge in [-0.15, -0.1) is 0 Å². The molecular weight excluding hydrogens is 622 g/mol. The SMILES string of the molecule is CCCCCCCCCCCCCCCCCCC(=O)N[C@@H](CO[C@@H]1O[C@H](CO)[C@@H](O)C(O)C1O)[C@H](O)CCCCCCCCCCCC. The van der Waals surface area contributed by atoms with Crippen molar-refractivity contribution in [3.63, 3.8) is 0 Å². The van der Waals surface area contributed by atoms with Crippen molar-refractivity contribution in [3.8, 4) is 0 Å². The first kappa shape index (κ1) is 46.2. The van der Waals surface area contributed by atoms with Crippen LogP contribution >= 0.6 is 0 Å². The van der Waals surface area contributed by atoms with Crippen LogP contribution in [0.25, 0.3) is 0 Å². The minimum absolute atomic E-state index is 0.133. The molecule has 0 aromatic heterocycles. The Kier molecular flexibility index (Phi) is 30.1. The van der Waals surface area contributed by atoms with Crippen LogP contribution in [0.15, 0.2) is 0 Å². The molecule has 1 amide bonds. The lowest BCUT2D eigenvalue weighted by molar-refractivity contribution is -0.302. The van der Waals surface area contributed by atoms with E-state index in [1.807, 2.05) is 0 Å². The number of aliphatic hydroxyl groups is 5. The molecule has 1 rings (SSSR count). The Bertz CT molecular complexity index is 741. The third-order valence-electron chi connectivity index (χ3n) is 10.2. The van der Waals surface area contributed by atoms with Crippen LogP contribution in [0.4, 0.5) is 0 Å². The first-order chi connectivity index (χ1) is 23.8. The van der Waals surface area contributed by atoms with Crippen LogP contribution in [0.3, 0.4) is 0 Å². The summed E-state index contributed by atoms with van der Waals surface area (Å²) in [5, 5.41) is 54.1. The van der Waals surface area contributed by atoms with Gasteiger partial charge in [0, 0.05) is 6.42 Å². The van der Waals surface area contributed by atoms with E-state index in [-0.39, 0.29) is 12.5 Å². The van der Waals surface area contributed by atoms with Crippen molar-refractivity contribution in [2.24, 2.45) is 0 Å². The molecule has 0 aliphatic carbocycles. The zero-order chi connectivity index (χ0) is 36.0. The molecule has 1 saturated heterocycles. The van der Waals surface area contributed by atoms with Crippen molar-refractivity contribution in [3.05, 3.63) is 0 Å². The average molecular weight is 702 g/mol. The molecule has 0 bridgehead atoms. The number of hydrogen-bond acceptors (Lipinski definition) is 8. The van der Waals surface area contributed by atoms with Gasteiger partial charge in [-0.05, 0) is 12.8 Å². The van der Waals surface area contributed by atoms with Gasteiger partial charge in [0.05, 0.1) is 25.4 Å². The van der Waals surface area contributed by atoms with Crippen LogP contribution in [0.1, 0.15) is 194 Å². The highest BCUT2D eigenvalue weighted by atomic mass is 16.7. The van der Waals surface area contributed by atoms with Crippen molar-refractivity contribution in [1.82, 2.24) is 5.32 Å². The number of carbonyl (C=O) groups excluding carboxylic acids is 1. The van der Waals surface area contributed by atoms with Gasteiger partial charge in [-0.3, -0.25) is 4.79 Å². The molecule has 0 aromatic rings. The lowest BCUT2D eigenvalue weighted by atomic mass is 9.99. The summed E-state index contributed by atoms with van der Waals surface area (Å²) in [7, 11) is 0. The Hall–Kier alpha value is -0.810. The largest absolute Gasteiger partial charge is 0.394 e. The van der Waals surface area contributed by atoms with Gasteiger partial charge in [0.1, 0.15) is 24.4 Å². The molecule has 6 N–H and O–H groups in total. The van der Waals surface area contributed by atoms with Gasteiger partial charge < -0.3 is 40.3 Å². The maximum absolute atomic E-state index is 12.9. The van der Waals surface area contributed by atoms with Crippen molar-refractivity contribution in [2.45, 2.75) is 236 Å². The first-order valence-corrected chi connectivity index (χ1v) is 20.7. The maximum Gasteiger partial charge on any atom is 0.220 e.